The number of hydrogen-bond donors (Lipinski definition) is 2. The Morgan fingerprint density at radius 2 is 1.26 bits per heavy atom. The van der Waals surface area contributed by atoms with E-state index < -0.39 is 17.1 Å². The second-order valence-electron chi connectivity index (χ2n) is 17.4. The Hall–Kier alpha value is -4.25. The van der Waals surface area contributed by atoms with Gasteiger partial charge in [0.15, 0.2) is 0 Å². The second-order valence-corrected chi connectivity index (χ2v) is 19.1. The summed E-state index contributed by atoms with van der Waals surface area (Å²) in [5.41, 5.74) is 3.49. The average Bonchev–Trinajstić information content (AvgIpc) is 3.82. The first kappa shape index (κ1) is 43.4. The Morgan fingerprint density at radius 3 is 1.79 bits per heavy atom. The first-order chi connectivity index (χ1) is 29.1. The van der Waals surface area contributed by atoms with Crippen molar-refractivity contribution in [2.24, 2.45) is 22.7 Å². The van der Waals surface area contributed by atoms with Gasteiger partial charge in [-0.15, -0.1) is 0 Å². The van der Waals surface area contributed by atoms with E-state index in [4.69, 9.17) is 65.4 Å². The number of halogens is 4. The Labute approximate surface area is 376 Å². The van der Waals surface area contributed by atoms with Crippen LogP contribution < -0.4 is 10.6 Å². The molecule has 0 amide bonds. The number of anilines is 4. The molecule has 0 spiro atoms. The molecule has 0 bridgehead atoms. The lowest BCUT2D eigenvalue weighted by atomic mass is 9.44. The summed E-state index contributed by atoms with van der Waals surface area (Å²) in [7, 11) is 0. The van der Waals surface area contributed by atoms with Gasteiger partial charge in [-0.25, -0.2) is 4.79 Å². The molecule has 1 unspecified atom stereocenters. The molecule has 9 nitrogen and oxygen atoms in total. The van der Waals surface area contributed by atoms with E-state index in [2.05, 4.69) is 31.4 Å². The molecule has 2 heterocycles. The maximum absolute atomic E-state index is 13.8. The van der Waals surface area contributed by atoms with Gasteiger partial charge in [-0.2, -0.15) is 0 Å². The molecule has 1 saturated heterocycles. The summed E-state index contributed by atoms with van der Waals surface area (Å²) in [5.74, 6) is -0.909. The Balaban J connectivity index is 0.980. The van der Waals surface area contributed by atoms with Crippen LogP contribution in [0, 0.1) is 22.7 Å². The van der Waals surface area contributed by atoms with Crippen LogP contribution in [0.1, 0.15) is 64.0 Å². The van der Waals surface area contributed by atoms with Crippen molar-refractivity contribution < 1.29 is 33.3 Å². The van der Waals surface area contributed by atoms with Crippen LogP contribution in [0.15, 0.2) is 96.6 Å². The van der Waals surface area contributed by atoms with Crippen molar-refractivity contribution >= 4 is 87.1 Å². The van der Waals surface area contributed by atoms with Crippen LogP contribution in [0.3, 0.4) is 0 Å². The van der Waals surface area contributed by atoms with Gasteiger partial charge in [0.25, 0.3) is 0 Å². The zero-order valence-corrected chi connectivity index (χ0v) is 37.2. The quantitative estimate of drug-likeness (QED) is 0.106. The standard InChI is InChI=1S/C48H48Cl4N2O7/c1-46-21-19-40(60-42(56)25-29-12-16-31(17-13-29)54-44-35(51)8-5-9-36(44)52)47(2,38(46)18-22-48(3)39(46)26-37(61-48)32-20-23-58-45(32)57)27-59-41(55)24-28-10-14-30(15-11-28)53-43-33(49)6-4-7-34(43)50/h4-17,20,37-40,53-54H,18-19,21-27H2,1-3H3/t37?,38-,39-,40+,46+,47-,48+/m0/s1. The SMILES string of the molecule is C[C@]1(COC(=O)Cc2ccc(Nc3c(Cl)cccc3Cl)cc2)[C@H]2CC[C@@]3(C)OC(C4=CCOC4=O)C[C@H]3[C@]2(C)CC[C@H]1OC(=O)Cc1ccc(Nc2c(Cl)cccc2Cl)cc1. The minimum atomic E-state index is -0.715. The van der Waals surface area contributed by atoms with Gasteiger partial charge >= 0.3 is 17.9 Å². The third-order valence-corrected chi connectivity index (χ3v) is 14.8. The smallest absolute Gasteiger partial charge is 0.336 e. The Bertz CT molecular complexity index is 2320. The highest BCUT2D eigenvalue weighted by atomic mass is 35.5. The maximum atomic E-state index is 13.8. The molecule has 0 aromatic heterocycles. The number of benzene rings is 4. The van der Waals surface area contributed by atoms with Crippen molar-refractivity contribution in [2.75, 3.05) is 23.8 Å². The number of fused-ring (bicyclic) bond motifs is 3. The molecule has 13 heteroatoms. The van der Waals surface area contributed by atoms with Crippen LogP contribution in [0.4, 0.5) is 22.7 Å². The highest BCUT2D eigenvalue weighted by Gasteiger charge is 2.66. The molecule has 4 aliphatic rings. The van der Waals surface area contributed by atoms with Gasteiger partial charge in [0, 0.05) is 16.8 Å². The number of hydrogen-bond acceptors (Lipinski definition) is 9. The number of nitrogens with one attached hydrogen (secondary N) is 2. The van der Waals surface area contributed by atoms with Gasteiger partial charge in [0.1, 0.15) is 19.3 Å². The summed E-state index contributed by atoms with van der Waals surface area (Å²) < 4.78 is 24.6. The summed E-state index contributed by atoms with van der Waals surface area (Å²) in [6, 6.07) is 25.5. The van der Waals surface area contributed by atoms with E-state index in [1.165, 1.54) is 0 Å². The fourth-order valence-electron chi connectivity index (χ4n) is 10.5. The molecule has 8 rings (SSSR count). The zero-order valence-electron chi connectivity index (χ0n) is 34.2. The summed E-state index contributed by atoms with van der Waals surface area (Å²) >= 11 is 25.4. The van der Waals surface area contributed by atoms with Gasteiger partial charge < -0.3 is 29.6 Å². The second kappa shape index (κ2) is 17.5. The molecule has 2 saturated carbocycles. The number of esters is 3. The largest absolute Gasteiger partial charge is 0.465 e. The molecule has 2 aliphatic heterocycles. The zero-order chi connectivity index (χ0) is 43.1. The molecule has 3 fully saturated rings. The first-order valence-corrected chi connectivity index (χ1v) is 22.2. The molecule has 2 aliphatic carbocycles. The number of cyclic esters (lactones) is 1. The Kier molecular flexibility index (Phi) is 12.4. The van der Waals surface area contributed by atoms with Crippen LogP contribution in [0.5, 0.6) is 0 Å². The number of carbonyl (C=O) groups excluding carboxylic acids is 3. The molecular weight excluding hydrogens is 858 g/mol. The minimum absolute atomic E-state index is 0.0215. The normalized spacial score (nSPS) is 27.9. The van der Waals surface area contributed by atoms with Gasteiger partial charge in [-0.05, 0) is 122 Å². The van der Waals surface area contributed by atoms with Crippen molar-refractivity contribution in [2.45, 2.75) is 83.5 Å². The number of rotatable bonds is 12. The van der Waals surface area contributed by atoms with Crippen molar-refractivity contribution in [3.8, 4) is 0 Å². The highest BCUT2D eigenvalue weighted by Crippen LogP contribution is 2.66. The summed E-state index contributed by atoms with van der Waals surface area (Å²) in [4.78, 5) is 40.1. The van der Waals surface area contributed by atoms with Gasteiger partial charge in [0.2, 0.25) is 0 Å². The molecular formula is C48H48Cl4N2O7. The molecule has 7 atom stereocenters. The monoisotopic (exact) mass is 904 g/mol. The predicted octanol–water partition coefficient (Wildman–Crippen LogP) is 11.9. The lowest BCUT2D eigenvalue weighted by molar-refractivity contribution is -0.214. The minimum Gasteiger partial charge on any atom is -0.465 e. The lowest BCUT2D eigenvalue weighted by Crippen LogP contribution is -2.62. The third-order valence-electron chi connectivity index (χ3n) is 13.6. The van der Waals surface area contributed by atoms with Gasteiger partial charge in [-0.1, -0.05) is 96.6 Å². The summed E-state index contributed by atoms with van der Waals surface area (Å²) in [6.07, 6.45) is 4.69. The van der Waals surface area contributed by atoms with E-state index in [-0.39, 0.29) is 67.3 Å². The fourth-order valence-corrected chi connectivity index (χ4v) is 11.5. The average molecular weight is 907 g/mol. The lowest BCUT2D eigenvalue weighted by Gasteiger charge is -2.62. The van der Waals surface area contributed by atoms with Gasteiger partial charge in [0.05, 0.1) is 61.6 Å². The maximum Gasteiger partial charge on any atom is 0.336 e. The van der Waals surface area contributed by atoms with E-state index in [9.17, 15) is 14.4 Å². The molecule has 0 radical (unpaired) electrons. The molecule has 320 valence electrons. The molecule has 61 heavy (non-hydrogen) atoms. The van der Waals surface area contributed by atoms with E-state index >= 15 is 0 Å². The molecule has 2 N–H and O–H groups in total. The number of carbonyl (C=O) groups is 3. The van der Waals surface area contributed by atoms with E-state index in [1.807, 2.05) is 54.6 Å². The van der Waals surface area contributed by atoms with Crippen LogP contribution in [0.2, 0.25) is 20.1 Å². The van der Waals surface area contributed by atoms with Crippen LogP contribution in [-0.2, 0) is 46.2 Å². The van der Waals surface area contributed by atoms with Crippen molar-refractivity contribution in [1.29, 1.82) is 0 Å². The number of para-hydroxylation sites is 2. The summed E-state index contributed by atoms with van der Waals surface area (Å²) in [5, 5.41) is 8.49. The number of ether oxygens (including phenoxy) is 4. The van der Waals surface area contributed by atoms with E-state index in [0.717, 1.165) is 41.8 Å². The summed E-state index contributed by atoms with van der Waals surface area (Å²) in [6.45, 7) is 6.92. The van der Waals surface area contributed by atoms with E-state index in [0.29, 0.717) is 49.9 Å². The molecule has 4 aromatic rings. The van der Waals surface area contributed by atoms with Crippen LogP contribution in [0.25, 0.3) is 0 Å². The van der Waals surface area contributed by atoms with Crippen LogP contribution in [-0.4, -0.2) is 48.9 Å². The highest BCUT2D eigenvalue weighted by molar-refractivity contribution is 6.39. The van der Waals surface area contributed by atoms with Crippen LogP contribution >= 0.6 is 46.4 Å². The predicted molar refractivity (Wildman–Crippen MR) is 239 cm³/mol. The first-order valence-electron chi connectivity index (χ1n) is 20.7. The topological polar surface area (TPSA) is 112 Å². The third kappa shape index (κ3) is 8.87. The van der Waals surface area contributed by atoms with Crippen molar-refractivity contribution in [1.82, 2.24) is 0 Å². The van der Waals surface area contributed by atoms with Crippen molar-refractivity contribution in [3.63, 3.8) is 0 Å². The van der Waals surface area contributed by atoms with Gasteiger partial charge in [-0.3, -0.25) is 9.59 Å². The Morgan fingerprint density at radius 1 is 0.721 bits per heavy atom. The van der Waals surface area contributed by atoms with Crippen molar-refractivity contribution in [3.05, 3.63) is 128 Å². The van der Waals surface area contributed by atoms with E-state index in [1.54, 1.807) is 36.4 Å². The molecule has 4 aromatic carbocycles. The fraction of sp³-hybridized carbons (Fsp3) is 0.396.